The van der Waals surface area contributed by atoms with Gasteiger partial charge in [0.15, 0.2) is 0 Å². The summed E-state index contributed by atoms with van der Waals surface area (Å²) in [4.78, 5) is 136. The number of ether oxygens (including phenoxy) is 8. The van der Waals surface area contributed by atoms with Gasteiger partial charge in [-0.05, 0) is 66.7 Å². The highest BCUT2D eigenvalue weighted by Crippen LogP contribution is 2.12. The molecule has 0 bridgehead atoms. The topological polar surface area (TPSA) is 357 Å². The van der Waals surface area contributed by atoms with Crippen LogP contribution >= 0.6 is 0 Å². The number of hydrogen-bond acceptors (Lipinski definition) is 19. The monoisotopic (exact) mass is 1130 g/mol. The second kappa shape index (κ2) is 40.1. The van der Waals surface area contributed by atoms with Crippen LogP contribution in [0.1, 0.15) is 113 Å². The van der Waals surface area contributed by atoms with E-state index in [-0.39, 0.29) is 169 Å². The van der Waals surface area contributed by atoms with Gasteiger partial charge in [-0.1, -0.05) is 13.8 Å². The predicted molar refractivity (Wildman–Crippen MR) is 281 cm³/mol. The van der Waals surface area contributed by atoms with Gasteiger partial charge in [-0.25, -0.2) is 4.79 Å². The second-order valence-corrected chi connectivity index (χ2v) is 20.2. The third-order valence-electron chi connectivity index (χ3n) is 10.5. The predicted octanol–water partition coefficient (Wildman–Crippen LogP) is -0.251. The fourth-order valence-electron chi connectivity index (χ4n) is 6.74. The Hall–Kier alpha value is -6.13. The molecule has 0 aromatic heterocycles. The number of carbonyl (C=O) groups excluding carboxylic acids is 10. The summed E-state index contributed by atoms with van der Waals surface area (Å²) in [5.74, 6) is -6.10. The van der Waals surface area contributed by atoms with Crippen molar-refractivity contribution in [3.63, 3.8) is 0 Å². The van der Waals surface area contributed by atoms with Crippen molar-refractivity contribution in [2.45, 2.75) is 143 Å². The minimum atomic E-state index is -1.12. The van der Waals surface area contributed by atoms with Gasteiger partial charge in [0.1, 0.15) is 29.3 Å². The Kier molecular flexibility index (Phi) is 36.0. The molecule has 0 spiro atoms. The summed E-state index contributed by atoms with van der Waals surface area (Å²) in [6.45, 7) is 15.4. The third kappa shape index (κ3) is 37.4. The lowest BCUT2D eigenvalue weighted by atomic mass is 10.0. The Morgan fingerprint density at radius 1 is 0.481 bits per heavy atom. The molecule has 450 valence electrons. The largest absolute Gasteiger partial charge is 0.480 e. The number of carboxylic acids is 1. The highest BCUT2D eigenvalue weighted by Gasteiger charge is 2.27. The average Bonchev–Trinajstić information content (AvgIpc) is 3.67. The molecule has 27 heteroatoms. The number of hydrogen-bond donors (Lipinski definition) is 7. The number of aliphatic carboxylic acids is 1. The van der Waals surface area contributed by atoms with E-state index in [9.17, 15) is 57.8 Å². The Balaban J connectivity index is 2.42. The van der Waals surface area contributed by atoms with Gasteiger partial charge in [-0.3, -0.25) is 52.8 Å². The smallest absolute Gasteiger partial charge is 0.326 e. The fourth-order valence-corrected chi connectivity index (χ4v) is 6.74. The minimum absolute atomic E-state index is 0.0156. The van der Waals surface area contributed by atoms with Crippen LogP contribution in [0.4, 0.5) is 0 Å². The molecule has 0 aromatic rings. The molecule has 0 fully saturated rings. The van der Waals surface area contributed by atoms with Gasteiger partial charge in [0.25, 0.3) is 11.8 Å². The molecule has 79 heavy (non-hydrogen) atoms. The molecule has 1 rings (SSSR count). The number of imide groups is 1. The lowest BCUT2D eigenvalue weighted by molar-refractivity contribution is -0.156. The first-order chi connectivity index (χ1) is 37.3. The number of nitrogens with zero attached hydrogens (tertiary/aromatic N) is 1. The molecule has 0 aromatic carbocycles. The van der Waals surface area contributed by atoms with Crippen molar-refractivity contribution in [2.24, 2.45) is 5.92 Å². The van der Waals surface area contributed by atoms with Crippen molar-refractivity contribution in [3.05, 3.63) is 12.2 Å². The maximum atomic E-state index is 13.1. The fraction of sp³-hybridized carbons (Fsp3) is 0.750. The summed E-state index contributed by atoms with van der Waals surface area (Å²) in [6, 6.07) is -3.14. The first-order valence-corrected chi connectivity index (χ1v) is 26.6. The van der Waals surface area contributed by atoms with E-state index in [0.717, 1.165) is 4.90 Å². The number of carbonyl (C=O) groups is 11. The second-order valence-electron chi connectivity index (χ2n) is 20.2. The Labute approximate surface area is 462 Å². The zero-order valence-corrected chi connectivity index (χ0v) is 47.3. The highest BCUT2D eigenvalue weighted by molar-refractivity contribution is 6.12. The maximum absolute atomic E-state index is 13.1. The number of amides is 8. The zero-order valence-electron chi connectivity index (χ0n) is 47.3. The summed E-state index contributed by atoms with van der Waals surface area (Å²) in [5.41, 5.74) is -1.50. The van der Waals surface area contributed by atoms with Crippen molar-refractivity contribution >= 4 is 65.2 Å². The Bertz CT molecular complexity index is 1950. The third-order valence-corrected chi connectivity index (χ3v) is 10.5. The van der Waals surface area contributed by atoms with Crippen LogP contribution in [0.25, 0.3) is 0 Å². The van der Waals surface area contributed by atoms with E-state index in [2.05, 4.69) is 31.9 Å². The quantitative estimate of drug-likeness (QED) is 0.0235. The number of rotatable bonds is 44. The van der Waals surface area contributed by atoms with Gasteiger partial charge in [-0.15, -0.1) is 0 Å². The van der Waals surface area contributed by atoms with Crippen LogP contribution in [-0.2, 0) is 90.6 Å². The molecule has 0 unspecified atom stereocenters. The Morgan fingerprint density at radius 2 is 0.835 bits per heavy atom. The van der Waals surface area contributed by atoms with Crippen molar-refractivity contribution in [3.8, 4) is 0 Å². The van der Waals surface area contributed by atoms with Gasteiger partial charge in [0, 0.05) is 76.9 Å². The average molecular weight is 1130 g/mol. The van der Waals surface area contributed by atoms with E-state index in [1.165, 1.54) is 12.2 Å². The van der Waals surface area contributed by atoms with Gasteiger partial charge in [0.2, 0.25) is 35.4 Å². The van der Waals surface area contributed by atoms with Crippen molar-refractivity contribution in [1.82, 2.24) is 36.8 Å². The molecule has 8 amide bonds. The van der Waals surface area contributed by atoms with Gasteiger partial charge < -0.3 is 74.9 Å². The summed E-state index contributed by atoms with van der Waals surface area (Å²) in [6.07, 6.45) is 2.23. The van der Waals surface area contributed by atoms with Crippen LogP contribution in [0.3, 0.4) is 0 Å². The zero-order chi connectivity index (χ0) is 59.2. The molecule has 27 nitrogen and oxygen atoms in total. The lowest BCUT2D eigenvalue weighted by Crippen LogP contribution is -2.48. The van der Waals surface area contributed by atoms with Crippen molar-refractivity contribution in [1.29, 1.82) is 0 Å². The molecule has 0 saturated heterocycles. The summed E-state index contributed by atoms with van der Waals surface area (Å²) in [7, 11) is 0. The number of nitrogens with one attached hydrogen (secondary N) is 6. The lowest BCUT2D eigenvalue weighted by Gasteiger charge is -2.22. The minimum Gasteiger partial charge on any atom is -0.480 e. The van der Waals surface area contributed by atoms with E-state index in [1.807, 2.05) is 0 Å². The van der Waals surface area contributed by atoms with Gasteiger partial charge >= 0.3 is 17.9 Å². The van der Waals surface area contributed by atoms with Crippen LogP contribution in [-0.4, -0.2) is 210 Å². The highest BCUT2D eigenvalue weighted by atomic mass is 16.6. The molecule has 0 aliphatic carbocycles. The molecule has 7 N–H and O–H groups in total. The normalized spacial score (nSPS) is 13.6. The van der Waals surface area contributed by atoms with Crippen LogP contribution in [0.2, 0.25) is 0 Å². The SMILES string of the molecule is CC(C)[C@H](NC(=O)CCOCCOCCNC(=O)[C@H](CCC(=O)OC(C)(C)C)NC(=O)CCOCCOCCNC(=O)[C@H](CCC(=O)OC(C)(C)C)NC(=O)CCOCCOCCNC(=O)CCCN1C(=O)C=CC1=O)C(=O)O. The molecule has 0 radical (unpaired) electrons. The van der Waals surface area contributed by atoms with Crippen LogP contribution in [0.15, 0.2) is 12.2 Å². The standard InChI is InChI=1S/C52H87N7O20/c1-36(2)47(50(70)71)58-42(63)19-26-74-32-35-77-29-22-55-49(69)38(12-16-46(67)79-52(6,7)8)57-41(62)18-25-73-31-34-76-28-21-54-48(68)37(11-15-45(66)78-51(3,4)5)56-40(61)17-24-72-30-33-75-27-20-53-39(60)10-9-23-59-43(64)13-14-44(59)65/h13-14,36-38,47H,9-12,15-35H2,1-8H3,(H,53,60)(H,54,68)(H,55,69)(H,56,61)(H,57,62)(H,58,63)(H,70,71)/t37-,38-,47-/m0/s1. The Morgan fingerprint density at radius 3 is 1.19 bits per heavy atom. The van der Waals surface area contributed by atoms with Crippen molar-refractivity contribution < 1.29 is 95.7 Å². The van der Waals surface area contributed by atoms with E-state index >= 15 is 0 Å². The van der Waals surface area contributed by atoms with Crippen molar-refractivity contribution in [2.75, 3.05) is 105 Å². The molecular weight excluding hydrogens is 1040 g/mol. The van der Waals surface area contributed by atoms with E-state index in [4.69, 9.17) is 37.9 Å². The molecule has 1 aliphatic heterocycles. The molecular formula is C52H87N7O20. The summed E-state index contributed by atoms with van der Waals surface area (Å²) in [5, 5.41) is 25.0. The first kappa shape index (κ1) is 70.9. The summed E-state index contributed by atoms with van der Waals surface area (Å²) < 4.78 is 43.5. The van der Waals surface area contributed by atoms with E-state index in [1.54, 1.807) is 55.4 Å². The first-order valence-electron chi connectivity index (χ1n) is 26.6. The molecule has 0 saturated carbocycles. The van der Waals surface area contributed by atoms with E-state index < -0.39 is 88.6 Å². The molecule has 3 atom stereocenters. The molecule has 1 aliphatic rings. The van der Waals surface area contributed by atoms with Crippen LogP contribution in [0.5, 0.6) is 0 Å². The molecule has 1 heterocycles. The number of esters is 2. The van der Waals surface area contributed by atoms with Crippen LogP contribution < -0.4 is 31.9 Å². The number of carboxylic acid groups (broad SMARTS) is 1. The van der Waals surface area contributed by atoms with Gasteiger partial charge in [0.05, 0.1) is 79.3 Å². The van der Waals surface area contributed by atoms with E-state index in [0.29, 0.717) is 6.42 Å². The van der Waals surface area contributed by atoms with Gasteiger partial charge in [-0.2, -0.15) is 0 Å². The summed E-state index contributed by atoms with van der Waals surface area (Å²) >= 11 is 0. The maximum Gasteiger partial charge on any atom is 0.326 e. The van der Waals surface area contributed by atoms with Crippen LogP contribution in [0, 0.1) is 5.92 Å².